The molecule has 3 heteroatoms. The van der Waals surface area contributed by atoms with Crippen LogP contribution < -0.4 is 0 Å². The smallest absolute Gasteiger partial charge is 0.0892 e. The predicted molar refractivity (Wildman–Crippen MR) is 87.0 cm³/mol. The highest BCUT2D eigenvalue weighted by atomic mass is 127. The first-order valence-electron chi connectivity index (χ1n) is 6.23. The van der Waals surface area contributed by atoms with Gasteiger partial charge in [-0.1, -0.05) is 71.2 Å². The Labute approximate surface area is 126 Å². The summed E-state index contributed by atoms with van der Waals surface area (Å²) in [6, 6.07) is 10.2. The number of halogens is 1. The second-order valence-electron chi connectivity index (χ2n) is 4.43. The summed E-state index contributed by atoms with van der Waals surface area (Å²) in [6.45, 7) is 0. The molecule has 2 nitrogen and oxygen atoms in total. The maximum absolute atomic E-state index is 4.71. The van der Waals surface area contributed by atoms with Gasteiger partial charge < -0.3 is 0 Å². The van der Waals surface area contributed by atoms with E-state index < -0.39 is 0 Å². The van der Waals surface area contributed by atoms with Crippen molar-refractivity contribution < 1.29 is 0 Å². The molecule has 0 N–H and O–H groups in total. The van der Waals surface area contributed by atoms with E-state index in [1.165, 1.54) is 0 Å². The van der Waals surface area contributed by atoms with E-state index in [0.717, 1.165) is 28.9 Å². The van der Waals surface area contributed by atoms with Gasteiger partial charge in [-0.2, -0.15) is 0 Å². The van der Waals surface area contributed by atoms with Crippen molar-refractivity contribution in [3.05, 3.63) is 66.6 Å². The van der Waals surface area contributed by atoms with Crippen LogP contribution in [0.5, 0.6) is 0 Å². The van der Waals surface area contributed by atoms with Gasteiger partial charge >= 0.3 is 0 Å². The normalized spacial score (nSPS) is 18.2. The Morgan fingerprint density at radius 3 is 2.58 bits per heavy atom. The third-order valence-corrected chi connectivity index (χ3v) is 3.97. The monoisotopic (exact) mass is 360 g/mol. The highest BCUT2D eigenvalue weighted by Gasteiger charge is 2.09. The Hall–Kier alpha value is -1.49. The molecule has 1 aromatic carbocycles. The van der Waals surface area contributed by atoms with Gasteiger partial charge in [0.05, 0.1) is 23.8 Å². The molecule has 3 rings (SSSR count). The van der Waals surface area contributed by atoms with Crippen LogP contribution in [-0.2, 0) is 0 Å². The molecule has 94 valence electrons. The minimum absolute atomic E-state index is 0.589. The van der Waals surface area contributed by atoms with Crippen LogP contribution in [0, 0.1) is 0 Å². The number of nitrogens with zero attached hydrogens (tertiary/aromatic N) is 2. The summed E-state index contributed by atoms with van der Waals surface area (Å²) in [7, 11) is 0. The Bertz CT molecular complexity index is 632. The van der Waals surface area contributed by atoms with Crippen molar-refractivity contribution >= 4 is 28.2 Å². The summed E-state index contributed by atoms with van der Waals surface area (Å²) in [5.41, 5.74) is 4.13. The molecular weight excluding hydrogens is 347 g/mol. The Morgan fingerprint density at radius 1 is 1.05 bits per heavy atom. The van der Waals surface area contributed by atoms with Crippen LogP contribution in [0.1, 0.15) is 12.1 Å². The van der Waals surface area contributed by atoms with Crippen LogP contribution in [0.25, 0.3) is 16.8 Å². The Kier molecular flexibility index (Phi) is 3.73. The van der Waals surface area contributed by atoms with Gasteiger partial charge in [0, 0.05) is 9.49 Å². The van der Waals surface area contributed by atoms with Crippen LogP contribution in [-0.4, -0.2) is 13.9 Å². The quantitative estimate of drug-likeness (QED) is 0.590. The molecule has 0 spiro atoms. The fourth-order valence-electron chi connectivity index (χ4n) is 2.04. The molecule has 0 fully saturated rings. The number of hydrogen-bond donors (Lipinski definition) is 0. The second kappa shape index (κ2) is 5.65. The lowest BCUT2D eigenvalue weighted by Crippen LogP contribution is -1.99. The zero-order chi connectivity index (χ0) is 13.1. The van der Waals surface area contributed by atoms with Gasteiger partial charge in [-0.25, -0.2) is 4.98 Å². The van der Waals surface area contributed by atoms with Crippen LogP contribution >= 0.6 is 22.6 Å². The van der Waals surface area contributed by atoms with Gasteiger partial charge in [0.1, 0.15) is 0 Å². The molecule has 1 aliphatic rings. The fourth-order valence-corrected chi connectivity index (χ4v) is 2.50. The van der Waals surface area contributed by atoms with Crippen molar-refractivity contribution in [1.29, 1.82) is 0 Å². The first-order chi connectivity index (χ1) is 9.33. The van der Waals surface area contributed by atoms with Crippen molar-refractivity contribution in [2.45, 2.75) is 10.3 Å². The van der Waals surface area contributed by atoms with Gasteiger partial charge in [-0.05, 0) is 12.0 Å². The Balaban J connectivity index is 1.95. The largest absolute Gasteiger partial charge is 0.260 e. The second-order valence-corrected chi connectivity index (χ2v) is 6.03. The first kappa shape index (κ1) is 12.5. The molecule has 0 bridgehead atoms. The highest BCUT2D eigenvalue weighted by molar-refractivity contribution is 14.1. The highest BCUT2D eigenvalue weighted by Crippen LogP contribution is 2.24. The predicted octanol–water partition coefficient (Wildman–Crippen LogP) is 4.29. The van der Waals surface area contributed by atoms with E-state index in [4.69, 9.17) is 4.98 Å². The van der Waals surface area contributed by atoms with Crippen LogP contribution in [0.3, 0.4) is 0 Å². The molecule has 19 heavy (non-hydrogen) atoms. The van der Waals surface area contributed by atoms with E-state index in [0.29, 0.717) is 3.92 Å². The molecule has 2 aromatic rings. The lowest BCUT2D eigenvalue weighted by molar-refractivity contribution is 1.09. The number of alkyl halides is 1. The summed E-state index contributed by atoms with van der Waals surface area (Å²) >= 11 is 2.43. The summed E-state index contributed by atoms with van der Waals surface area (Å²) in [5.74, 6) is 0. The molecule has 0 amide bonds. The molecular formula is C16H13IN2. The Morgan fingerprint density at radius 2 is 1.84 bits per heavy atom. The average molecular weight is 360 g/mol. The van der Waals surface area contributed by atoms with E-state index in [9.17, 15) is 0 Å². The molecule has 0 aliphatic heterocycles. The molecule has 0 radical (unpaired) electrons. The standard InChI is InChI=1S/C16H13IN2/c17-14-8-6-13(7-9-14)16-11-18-10-15(19-16)12-4-2-1-3-5-12/h1-8,10-11,14H,9H2. The van der Waals surface area contributed by atoms with E-state index in [1.807, 2.05) is 30.6 Å². The zero-order valence-corrected chi connectivity index (χ0v) is 12.5. The first-order valence-corrected chi connectivity index (χ1v) is 7.48. The maximum Gasteiger partial charge on any atom is 0.0892 e. The van der Waals surface area contributed by atoms with Gasteiger partial charge in [0.15, 0.2) is 0 Å². The minimum atomic E-state index is 0.589. The van der Waals surface area contributed by atoms with Crippen molar-refractivity contribution in [1.82, 2.24) is 9.97 Å². The van der Waals surface area contributed by atoms with Crippen molar-refractivity contribution in [2.75, 3.05) is 0 Å². The maximum atomic E-state index is 4.71. The van der Waals surface area contributed by atoms with Gasteiger partial charge in [-0.15, -0.1) is 0 Å². The van der Waals surface area contributed by atoms with Crippen LogP contribution in [0.4, 0.5) is 0 Å². The number of allylic oxidation sites excluding steroid dienone is 4. The topological polar surface area (TPSA) is 25.8 Å². The number of benzene rings is 1. The van der Waals surface area contributed by atoms with Crippen molar-refractivity contribution in [2.24, 2.45) is 0 Å². The molecule has 1 unspecified atom stereocenters. The zero-order valence-electron chi connectivity index (χ0n) is 10.3. The molecule has 1 atom stereocenters. The lowest BCUT2D eigenvalue weighted by Gasteiger charge is -2.10. The molecule has 1 aliphatic carbocycles. The fraction of sp³-hybridized carbons (Fsp3) is 0.125. The van der Waals surface area contributed by atoms with Crippen molar-refractivity contribution in [3.8, 4) is 11.3 Å². The summed E-state index contributed by atoms with van der Waals surface area (Å²) in [6.07, 6.45) is 11.3. The van der Waals surface area contributed by atoms with Gasteiger partial charge in [-0.3, -0.25) is 4.98 Å². The molecule has 1 aromatic heterocycles. The van der Waals surface area contributed by atoms with E-state index in [1.54, 1.807) is 0 Å². The summed E-state index contributed by atoms with van der Waals surface area (Å²) in [5, 5.41) is 0. The number of hydrogen-bond acceptors (Lipinski definition) is 2. The third-order valence-electron chi connectivity index (χ3n) is 3.05. The SMILES string of the molecule is IC1C=CC(c2cncc(-c3ccccc3)n2)=CC1. The lowest BCUT2D eigenvalue weighted by atomic mass is 10.0. The summed E-state index contributed by atoms with van der Waals surface area (Å²) in [4.78, 5) is 9.02. The molecule has 0 saturated heterocycles. The molecule has 1 heterocycles. The van der Waals surface area contributed by atoms with Gasteiger partial charge in [0.25, 0.3) is 0 Å². The average Bonchev–Trinajstić information content (AvgIpc) is 2.49. The summed E-state index contributed by atoms with van der Waals surface area (Å²) < 4.78 is 0.589. The van der Waals surface area contributed by atoms with E-state index in [2.05, 4.69) is 57.9 Å². The molecule has 0 saturated carbocycles. The van der Waals surface area contributed by atoms with Crippen LogP contribution in [0.15, 0.2) is 61.0 Å². The van der Waals surface area contributed by atoms with Crippen molar-refractivity contribution in [3.63, 3.8) is 0 Å². The van der Waals surface area contributed by atoms with Gasteiger partial charge in [0.2, 0.25) is 0 Å². The number of aromatic nitrogens is 2. The number of rotatable bonds is 2. The third kappa shape index (κ3) is 2.92. The van der Waals surface area contributed by atoms with E-state index >= 15 is 0 Å². The minimum Gasteiger partial charge on any atom is -0.260 e. The van der Waals surface area contributed by atoms with E-state index in [-0.39, 0.29) is 0 Å². The van der Waals surface area contributed by atoms with Crippen LogP contribution in [0.2, 0.25) is 0 Å².